The van der Waals surface area contributed by atoms with Crippen molar-refractivity contribution in [2.75, 3.05) is 7.11 Å². The summed E-state index contributed by atoms with van der Waals surface area (Å²) in [5.41, 5.74) is 0.243. The average Bonchev–Trinajstić information content (AvgIpc) is 2.04. The Balaban J connectivity index is 2.99. The van der Waals surface area contributed by atoms with Gasteiger partial charge in [-0.25, -0.2) is 4.39 Å². The van der Waals surface area contributed by atoms with Crippen molar-refractivity contribution in [1.82, 2.24) is 4.98 Å². The first-order valence-electron chi connectivity index (χ1n) is 3.02. The summed E-state index contributed by atoms with van der Waals surface area (Å²) in [6.07, 6.45) is 1.43. The summed E-state index contributed by atoms with van der Waals surface area (Å²) in [7, 11) is 1.46. The fourth-order valence-electron chi connectivity index (χ4n) is 0.659. The molecule has 0 aliphatic carbocycles. The Bertz CT molecular complexity index is 254. The molecule has 0 saturated heterocycles. The van der Waals surface area contributed by atoms with Crippen LogP contribution in [0.15, 0.2) is 12.3 Å². The van der Waals surface area contributed by atoms with Gasteiger partial charge in [-0.3, -0.25) is 4.98 Å². The molecule has 2 nitrogen and oxygen atoms in total. The maximum Gasteiger partial charge on any atom is 0.149 e. The van der Waals surface area contributed by atoms with Gasteiger partial charge < -0.3 is 4.74 Å². The SMILES string of the molecule is COc1cnc(CCl)c(F)c1. The number of alkyl halides is 1. The average molecular weight is 176 g/mol. The Morgan fingerprint density at radius 3 is 2.91 bits per heavy atom. The van der Waals surface area contributed by atoms with Crippen molar-refractivity contribution >= 4 is 11.6 Å². The van der Waals surface area contributed by atoms with E-state index in [4.69, 9.17) is 16.3 Å². The zero-order valence-electron chi connectivity index (χ0n) is 5.97. The summed E-state index contributed by atoms with van der Waals surface area (Å²) in [4.78, 5) is 3.74. The fraction of sp³-hybridized carbons (Fsp3) is 0.286. The highest BCUT2D eigenvalue weighted by Gasteiger charge is 2.02. The van der Waals surface area contributed by atoms with Crippen LogP contribution in [0, 0.1) is 5.82 Å². The third-order valence-electron chi connectivity index (χ3n) is 1.25. The van der Waals surface area contributed by atoms with Gasteiger partial charge in [0.15, 0.2) is 0 Å². The minimum absolute atomic E-state index is 0.0792. The van der Waals surface area contributed by atoms with Gasteiger partial charge in [-0.05, 0) is 0 Å². The molecule has 0 bridgehead atoms. The maximum absolute atomic E-state index is 12.8. The minimum atomic E-state index is -0.431. The van der Waals surface area contributed by atoms with Crippen LogP contribution in [0.4, 0.5) is 4.39 Å². The van der Waals surface area contributed by atoms with Crippen molar-refractivity contribution in [3.05, 3.63) is 23.8 Å². The molecule has 0 aliphatic heterocycles. The number of pyridine rings is 1. The number of nitrogens with zero attached hydrogens (tertiary/aromatic N) is 1. The van der Waals surface area contributed by atoms with Crippen LogP contribution < -0.4 is 4.74 Å². The van der Waals surface area contributed by atoms with Crippen molar-refractivity contribution in [1.29, 1.82) is 0 Å². The molecule has 1 rings (SSSR count). The fourth-order valence-corrected chi connectivity index (χ4v) is 0.855. The van der Waals surface area contributed by atoms with Crippen LogP contribution in [0.25, 0.3) is 0 Å². The van der Waals surface area contributed by atoms with Gasteiger partial charge >= 0.3 is 0 Å². The normalized spacial score (nSPS) is 9.73. The van der Waals surface area contributed by atoms with Crippen molar-refractivity contribution in [2.45, 2.75) is 5.88 Å². The van der Waals surface area contributed by atoms with E-state index in [1.54, 1.807) is 0 Å². The number of ether oxygens (including phenoxy) is 1. The third kappa shape index (κ3) is 1.80. The number of aromatic nitrogens is 1. The van der Waals surface area contributed by atoms with Crippen LogP contribution in [-0.4, -0.2) is 12.1 Å². The highest BCUT2D eigenvalue weighted by Crippen LogP contribution is 2.14. The van der Waals surface area contributed by atoms with E-state index in [1.165, 1.54) is 19.4 Å². The smallest absolute Gasteiger partial charge is 0.149 e. The molecule has 0 saturated carbocycles. The Hall–Kier alpha value is -0.830. The molecule has 60 valence electrons. The van der Waals surface area contributed by atoms with Crippen LogP contribution in [-0.2, 0) is 5.88 Å². The molecular weight excluding hydrogens is 169 g/mol. The first-order valence-corrected chi connectivity index (χ1v) is 3.55. The quantitative estimate of drug-likeness (QED) is 0.642. The lowest BCUT2D eigenvalue weighted by Crippen LogP contribution is -1.93. The van der Waals surface area contributed by atoms with Crippen molar-refractivity contribution in [2.24, 2.45) is 0 Å². The highest BCUT2D eigenvalue weighted by atomic mass is 35.5. The zero-order valence-corrected chi connectivity index (χ0v) is 6.73. The summed E-state index contributed by atoms with van der Waals surface area (Å²) in [6.45, 7) is 0. The Labute approximate surface area is 69.0 Å². The van der Waals surface area contributed by atoms with E-state index in [2.05, 4.69) is 4.98 Å². The second-order valence-corrected chi connectivity index (χ2v) is 2.20. The van der Waals surface area contributed by atoms with Crippen molar-refractivity contribution in [3.63, 3.8) is 0 Å². The minimum Gasteiger partial charge on any atom is -0.495 e. The topological polar surface area (TPSA) is 22.1 Å². The van der Waals surface area contributed by atoms with Crippen molar-refractivity contribution < 1.29 is 9.13 Å². The van der Waals surface area contributed by atoms with E-state index < -0.39 is 5.82 Å². The molecule has 0 unspecified atom stereocenters. The molecule has 0 aromatic carbocycles. The summed E-state index contributed by atoms with van der Waals surface area (Å²) in [6, 6.07) is 1.25. The van der Waals surface area contributed by atoms with E-state index in [9.17, 15) is 4.39 Å². The largest absolute Gasteiger partial charge is 0.495 e. The third-order valence-corrected chi connectivity index (χ3v) is 1.51. The van der Waals surface area contributed by atoms with Gasteiger partial charge in [-0.1, -0.05) is 0 Å². The first-order chi connectivity index (χ1) is 5.27. The van der Waals surface area contributed by atoms with Crippen LogP contribution in [0.2, 0.25) is 0 Å². The van der Waals surface area contributed by atoms with E-state index in [1.807, 2.05) is 0 Å². The number of halogens is 2. The second-order valence-electron chi connectivity index (χ2n) is 1.94. The van der Waals surface area contributed by atoms with Crippen LogP contribution in [0.3, 0.4) is 0 Å². The predicted octanol–water partition coefficient (Wildman–Crippen LogP) is 1.97. The van der Waals surface area contributed by atoms with Gasteiger partial charge in [0.2, 0.25) is 0 Å². The van der Waals surface area contributed by atoms with Crippen LogP contribution in [0.1, 0.15) is 5.69 Å². The lowest BCUT2D eigenvalue weighted by atomic mass is 10.3. The van der Waals surface area contributed by atoms with E-state index >= 15 is 0 Å². The second kappa shape index (κ2) is 3.53. The van der Waals surface area contributed by atoms with Gasteiger partial charge in [-0.2, -0.15) is 0 Å². The molecule has 0 radical (unpaired) electrons. The molecule has 11 heavy (non-hydrogen) atoms. The van der Waals surface area contributed by atoms with E-state index in [0.717, 1.165) is 0 Å². The molecule has 0 N–H and O–H groups in total. The molecule has 1 aromatic heterocycles. The molecule has 1 heterocycles. The van der Waals surface area contributed by atoms with E-state index in [-0.39, 0.29) is 11.6 Å². The predicted molar refractivity (Wildman–Crippen MR) is 40.3 cm³/mol. The maximum atomic E-state index is 12.8. The van der Waals surface area contributed by atoms with Crippen LogP contribution in [0.5, 0.6) is 5.75 Å². The summed E-state index contributed by atoms with van der Waals surface area (Å²) >= 11 is 5.38. The molecule has 4 heteroatoms. The van der Waals surface area contributed by atoms with E-state index in [0.29, 0.717) is 5.75 Å². The highest BCUT2D eigenvalue weighted by molar-refractivity contribution is 6.16. The van der Waals surface area contributed by atoms with Gasteiger partial charge in [0.25, 0.3) is 0 Å². The zero-order chi connectivity index (χ0) is 8.27. The Kier molecular flexibility index (Phi) is 2.65. The summed E-state index contributed by atoms with van der Waals surface area (Å²) in [5.74, 6) is 0.0475. The number of hydrogen-bond acceptors (Lipinski definition) is 2. The number of rotatable bonds is 2. The number of hydrogen-bond donors (Lipinski definition) is 0. The number of methoxy groups -OCH3 is 1. The Morgan fingerprint density at radius 2 is 2.45 bits per heavy atom. The standard InChI is InChI=1S/C7H7ClFNO/c1-11-5-2-6(9)7(3-8)10-4-5/h2,4H,3H2,1H3. The van der Waals surface area contributed by atoms with Crippen LogP contribution >= 0.6 is 11.6 Å². The first kappa shape index (κ1) is 8.27. The van der Waals surface area contributed by atoms with Gasteiger partial charge in [0, 0.05) is 6.07 Å². The van der Waals surface area contributed by atoms with Crippen molar-refractivity contribution in [3.8, 4) is 5.75 Å². The monoisotopic (exact) mass is 175 g/mol. The molecule has 0 spiro atoms. The molecule has 0 aliphatic rings. The van der Waals surface area contributed by atoms with Gasteiger partial charge in [-0.15, -0.1) is 11.6 Å². The summed E-state index contributed by atoms with van der Waals surface area (Å²) < 4.78 is 17.6. The molecule has 1 aromatic rings. The lowest BCUT2D eigenvalue weighted by Gasteiger charge is -2.00. The molecular formula is C7H7ClFNO. The molecule has 0 fully saturated rings. The Morgan fingerprint density at radius 1 is 1.73 bits per heavy atom. The van der Waals surface area contributed by atoms with Gasteiger partial charge in [0.1, 0.15) is 11.6 Å². The summed E-state index contributed by atoms with van der Waals surface area (Å²) in [5, 5.41) is 0. The lowest BCUT2D eigenvalue weighted by molar-refractivity contribution is 0.408. The molecule has 0 amide bonds. The van der Waals surface area contributed by atoms with Gasteiger partial charge in [0.05, 0.1) is 24.9 Å². The molecule has 0 atom stereocenters.